The summed E-state index contributed by atoms with van der Waals surface area (Å²) >= 11 is 1.53. The largest absolute Gasteiger partial charge is 0.462 e. The Balaban J connectivity index is 0.00000220. The van der Waals surface area contributed by atoms with Crippen molar-refractivity contribution in [3.8, 4) is 10.8 Å². The summed E-state index contributed by atoms with van der Waals surface area (Å²) in [5, 5.41) is 5.84. The van der Waals surface area contributed by atoms with Gasteiger partial charge in [-0.25, -0.2) is 9.98 Å². The molecule has 0 fully saturated rings. The zero-order valence-electron chi connectivity index (χ0n) is 11.9. The van der Waals surface area contributed by atoms with Gasteiger partial charge in [-0.3, -0.25) is 0 Å². The molecule has 0 spiro atoms. The molecule has 21 heavy (non-hydrogen) atoms. The Morgan fingerprint density at radius 1 is 1.62 bits per heavy atom. The minimum absolute atomic E-state index is 0. The van der Waals surface area contributed by atoms with Crippen LogP contribution in [0.4, 0.5) is 0 Å². The number of nitrogens with two attached hydrogens (primary N) is 1. The van der Waals surface area contributed by atoms with Crippen LogP contribution in [0.1, 0.15) is 12.6 Å². The number of hydrogen-bond acceptors (Lipinski definition) is 5. The van der Waals surface area contributed by atoms with E-state index in [1.165, 1.54) is 11.3 Å². The van der Waals surface area contributed by atoms with Crippen molar-refractivity contribution in [1.29, 1.82) is 0 Å². The van der Waals surface area contributed by atoms with Crippen molar-refractivity contribution in [3.63, 3.8) is 0 Å². The topological polar surface area (TPSA) is 85.7 Å². The van der Waals surface area contributed by atoms with Gasteiger partial charge >= 0.3 is 0 Å². The Labute approximate surface area is 144 Å². The molecule has 8 heteroatoms. The van der Waals surface area contributed by atoms with Crippen molar-refractivity contribution in [2.45, 2.75) is 19.5 Å². The van der Waals surface area contributed by atoms with E-state index in [0.717, 1.165) is 16.5 Å². The van der Waals surface area contributed by atoms with Crippen molar-refractivity contribution >= 4 is 41.3 Å². The van der Waals surface area contributed by atoms with Crippen molar-refractivity contribution < 1.29 is 9.15 Å². The van der Waals surface area contributed by atoms with E-state index in [1.807, 2.05) is 24.4 Å². The fourth-order valence-corrected chi connectivity index (χ4v) is 2.43. The predicted molar refractivity (Wildman–Crippen MR) is 95.0 cm³/mol. The highest BCUT2D eigenvalue weighted by atomic mass is 127. The molecule has 0 amide bonds. The molecule has 2 aromatic rings. The molecule has 0 radical (unpaired) electrons. The summed E-state index contributed by atoms with van der Waals surface area (Å²) in [6, 6.07) is 3.85. The minimum Gasteiger partial charge on any atom is -0.462 e. The molecule has 0 aromatic carbocycles. The Morgan fingerprint density at radius 3 is 3.10 bits per heavy atom. The van der Waals surface area contributed by atoms with E-state index in [0.29, 0.717) is 19.1 Å². The highest BCUT2D eigenvalue weighted by Gasteiger charge is 2.07. The molecule has 0 saturated heterocycles. The van der Waals surface area contributed by atoms with Gasteiger partial charge in [0.15, 0.2) is 16.7 Å². The third-order valence-corrected chi connectivity index (χ3v) is 3.41. The summed E-state index contributed by atoms with van der Waals surface area (Å²) in [5.74, 6) is 1.16. The normalized spacial score (nSPS) is 12.8. The average molecular weight is 422 g/mol. The van der Waals surface area contributed by atoms with Crippen LogP contribution in [0.5, 0.6) is 0 Å². The Bertz CT molecular complexity index is 556. The van der Waals surface area contributed by atoms with Crippen LogP contribution in [0, 0.1) is 0 Å². The SMILES string of the molecule is COCC(C)NC(N)=NCc1csc(-c2ccco2)n1.I. The standard InChI is InChI=1S/C13H18N4O2S.HI/c1-9(7-18-2)16-13(14)15-6-10-8-20-12(17-10)11-4-3-5-19-11;/h3-5,8-9H,6-7H2,1-2H3,(H3,14,15,16);1H. The Kier molecular flexibility index (Phi) is 7.68. The summed E-state index contributed by atoms with van der Waals surface area (Å²) in [6.07, 6.45) is 1.63. The van der Waals surface area contributed by atoms with Crippen LogP contribution in [-0.2, 0) is 11.3 Å². The van der Waals surface area contributed by atoms with Gasteiger partial charge in [0.05, 0.1) is 25.1 Å². The predicted octanol–water partition coefficient (Wildman–Crippen LogP) is 2.46. The number of halogens is 1. The monoisotopic (exact) mass is 422 g/mol. The number of methoxy groups -OCH3 is 1. The molecule has 0 aliphatic rings. The van der Waals surface area contributed by atoms with E-state index in [-0.39, 0.29) is 30.0 Å². The van der Waals surface area contributed by atoms with Crippen LogP contribution < -0.4 is 11.1 Å². The van der Waals surface area contributed by atoms with Crippen LogP contribution in [0.15, 0.2) is 33.2 Å². The van der Waals surface area contributed by atoms with Crippen molar-refractivity contribution in [3.05, 3.63) is 29.5 Å². The quantitative estimate of drug-likeness (QED) is 0.425. The van der Waals surface area contributed by atoms with E-state index >= 15 is 0 Å². The van der Waals surface area contributed by atoms with Crippen LogP contribution in [0.3, 0.4) is 0 Å². The lowest BCUT2D eigenvalue weighted by Crippen LogP contribution is -2.40. The van der Waals surface area contributed by atoms with E-state index < -0.39 is 0 Å². The molecular weight excluding hydrogens is 403 g/mol. The molecule has 116 valence electrons. The first-order valence-corrected chi connectivity index (χ1v) is 7.10. The lowest BCUT2D eigenvalue weighted by Gasteiger charge is -2.12. The van der Waals surface area contributed by atoms with Crippen LogP contribution in [0.25, 0.3) is 10.8 Å². The molecule has 1 unspecified atom stereocenters. The number of hydrogen-bond donors (Lipinski definition) is 2. The summed E-state index contributed by atoms with van der Waals surface area (Å²) in [5.41, 5.74) is 6.66. The molecular formula is C13H19IN4O2S. The molecule has 0 aliphatic carbocycles. The first-order chi connectivity index (χ1) is 9.69. The summed E-state index contributed by atoms with van der Waals surface area (Å²) in [7, 11) is 1.65. The fourth-order valence-electron chi connectivity index (χ4n) is 1.65. The van der Waals surface area contributed by atoms with Gasteiger partial charge in [-0.2, -0.15) is 0 Å². The maximum absolute atomic E-state index is 5.79. The molecule has 3 N–H and O–H groups in total. The highest BCUT2D eigenvalue weighted by molar-refractivity contribution is 14.0. The number of aliphatic imine (C=N–C) groups is 1. The molecule has 2 rings (SSSR count). The van der Waals surface area contributed by atoms with Gasteiger partial charge in [0.25, 0.3) is 0 Å². The van der Waals surface area contributed by atoms with Gasteiger partial charge < -0.3 is 20.2 Å². The number of rotatable bonds is 6. The van der Waals surface area contributed by atoms with Crippen molar-refractivity contribution in [1.82, 2.24) is 10.3 Å². The zero-order valence-corrected chi connectivity index (χ0v) is 15.1. The molecule has 2 aromatic heterocycles. The van der Waals surface area contributed by atoms with Gasteiger partial charge in [-0.15, -0.1) is 35.3 Å². The fraction of sp³-hybridized carbons (Fsp3) is 0.385. The smallest absolute Gasteiger partial charge is 0.189 e. The van der Waals surface area contributed by atoms with E-state index in [2.05, 4.69) is 15.3 Å². The second-order valence-electron chi connectivity index (χ2n) is 4.32. The number of nitrogens with one attached hydrogen (secondary N) is 1. The van der Waals surface area contributed by atoms with Gasteiger partial charge in [-0.05, 0) is 19.1 Å². The molecule has 1 atom stereocenters. The molecule has 0 aliphatic heterocycles. The molecule has 0 saturated carbocycles. The summed E-state index contributed by atoms with van der Waals surface area (Å²) in [6.45, 7) is 3.00. The number of ether oxygens (including phenoxy) is 1. The van der Waals surface area contributed by atoms with Gasteiger partial charge in [0, 0.05) is 18.5 Å². The van der Waals surface area contributed by atoms with Crippen molar-refractivity contribution in [2.75, 3.05) is 13.7 Å². The summed E-state index contributed by atoms with van der Waals surface area (Å²) < 4.78 is 10.3. The Hall–Kier alpha value is -1.13. The third-order valence-electron chi connectivity index (χ3n) is 2.51. The van der Waals surface area contributed by atoms with Crippen LogP contribution in [-0.4, -0.2) is 30.7 Å². The molecule has 6 nitrogen and oxygen atoms in total. The van der Waals surface area contributed by atoms with E-state index in [9.17, 15) is 0 Å². The zero-order chi connectivity index (χ0) is 14.4. The number of guanidine groups is 1. The van der Waals surface area contributed by atoms with Crippen molar-refractivity contribution in [2.24, 2.45) is 10.7 Å². The van der Waals surface area contributed by atoms with E-state index in [1.54, 1.807) is 13.4 Å². The first kappa shape index (κ1) is 17.9. The molecule has 0 bridgehead atoms. The lowest BCUT2D eigenvalue weighted by atomic mass is 10.4. The van der Waals surface area contributed by atoms with Gasteiger partial charge in [0.1, 0.15) is 0 Å². The van der Waals surface area contributed by atoms with Gasteiger partial charge in [-0.1, -0.05) is 0 Å². The maximum Gasteiger partial charge on any atom is 0.189 e. The minimum atomic E-state index is 0. The molecule has 2 heterocycles. The number of aromatic nitrogens is 1. The summed E-state index contributed by atoms with van der Waals surface area (Å²) in [4.78, 5) is 8.70. The van der Waals surface area contributed by atoms with Crippen LogP contribution >= 0.6 is 35.3 Å². The highest BCUT2D eigenvalue weighted by Crippen LogP contribution is 2.24. The second-order valence-corrected chi connectivity index (χ2v) is 5.18. The lowest BCUT2D eigenvalue weighted by molar-refractivity contribution is 0.179. The number of thiazole rings is 1. The average Bonchev–Trinajstić information content (AvgIpc) is 3.07. The van der Waals surface area contributed by atoms with E-state index in [4.69, 9.17) is 14.9 Å². The number of furan rings is 1. The Morgan fingerprint density at radius 2 is 2.43 bits per heavy atom. The van der Waals surface area contributed by atoms with Crippen LogP contribution in [0.2, 0.25) is 0 Å². The first-order valence-electron chi connectivity index (χ1n) is 6.22. The third kappa shape index (κ3) is 5.64. The van der Waals surface area contributed by atoms with Gasteiger partial charge in [0.2, 0.25) is 0 Å². The maximum atomic E-state index is 5.79. The second kappa shape index (κ2) is 9.00. The number of nitrogens with zero attached hydrogens (tertiary/aromatic N) is 2.